The molecule has 0 unspecified atom stereocenters. The van der Waals surface area contributed by atoms with Gasteiger partial charge in [0.2, 0.25) is 11.8 Å². The minimum Gasteiger partial charge on any atom is -0.496 e. The monoisotopic (exact) mass is 418 g/mol. The van der Waals surface area contributed by atoms with Crippen LogP contribution in [0.2, 0.25) is 5.02 Å². The molecule has 0 aliphatic carbocycles. The van der Waals surface area contributed by atoms with Gasteiger partial charge in [-0.25, -0.2) is 4.39 Å². The third-order valence-electron chi connectivity index (χ3n) is 3.68. The highest BCUT2D eigenvalue weighted by Crippen LogP contribution is 2.33. The average molecular weight is 419 g/mol. The first-order valence-electron chi connectivity index (χ1n) is 8.01. The van der Waals surface area contributed by atoms with Gasteiger partial charge in [0.15, 0.2) is 0 Å². The van der Waals surface area contributed by atoms with E-state index in [0.717, 1.165) is 0 Å². The number of aromatic nitrogens is 4. The molecule has 0 N–H and O–H groups in total. The molecule has 2 aromatic heterocycles. The second-order valence-electron chi connectivity index (χ2n) is 5.51. The van der Waals surface area contributed by atoms with Crippen molar-refractivity contribution in [2.45, 2.75) is 11.0 Å². The Bertz CT molecular complexity index is 1100. The number of halogens is 2. The van der Waals surface area contributed by atoms with E-state index in [1.54, 1.807) is 37.4 Å². The topological polar surface area (TPSA) is 87.1 Å². The minimum absolute atomic E-state index is 0.291. The van der Waals surface area contributed by atoms with Gasteiger partial charge in [-0.2, -0.15) is 0 Å². The summed E-state index contributed by atoms with van der Waals surface area (Å²) in [5.74, 6) is 1.56. The normalized spacial score (nSPS) is 11.0. The van der Waals surface area contributed by atoms with Gasteiger partial charge in [-0.3, -0.25) is 0 Å². The van der Waals surface area contributed by atoms with Crippen molar-refractivity contribution in [3.05, 3.63) is 59.2 Å². The molecule has 142 valence electrons. The number of nitrogens with zero attached hydrogens (tertiary/aromatic N) is 4. The molecule has 0 spiro atoms. The molecule has 0 aliphatic rings. The first-order chi connectivity index (χ1) is 13.6. The lowest BCUT2D eigenvalue weighted by Gasteiger charge is -2.04. The molecule has 4 rings (SSSR count). The van der Waals surface area contributed by atoms with Crippen LogP contribution in [-0.4, -0.2) is 27.5 Å². The van der Waals surface area contributed by atoms with Crippen molar-refractivity contribution >= 4 is 23.4 Å². The summed E-state index contributed by atoms with van der Waals surface area (Å²) in [6, 6.07) is 10.9. The highest BCUT2D eigenvalue weighted by atomic mass is 35.5. The SMILES string of the molecule is COc1ccc(Cl)cc1-c1nnc(SCc2nnc(-c3ccc(F)cc3)o2)o1. The first kappa shape index (κ1) is 18.5. The van der Waals surface area contributed by atoms with Crippen LogP contribution in [0.1, 0.15) is 5.89 Å². The van der Waals surface area contributed by atoms with E-state index in [9.17, 15) is 4.39 Å². The zero-order valence-electron chi connectivity index (χ0n) is 14.4. The van der Waals surface area contributed by atoms with Crippen molar-refractivity contribution in [3.63, 3.8) is 0 Å². The predicted octanol–water partition coefficient (Wildman–Crippen LogP) is 4.88. The zero-order chi connectivity index (χ0) is 19.5. The van der Waals surface area contributed by atoms with Crippen LogP contribution in [0.15, 0.2) is 56.5 Å². The average Bonchev–Trinajstić information content (AvgIpc) is 3.36. The lowest BCUT2D eigenvalue weighted by atomic mass is 10.2. The molecule has 0 aliphatic heterocycles. The smallest absolute Gasteiger partial charge is 0.277 e. The van der Waals surface area contributed by atoms with Gasteiger partial charge in [-0.05, 0) is 42.5 Å². The highest BCUT2D eigenvalue weighted by Gasteiger charge is 2.16. The summed E-state index contributed by atoms with van der Waals surface area (Å²) < 4.78 is 29.5. The van der Waals surface area contributed by atoms with E-state index in [-0.39, 0.29) is 5.82 Å². The Balaban J connectivity index is 1.46. The number of ether oxygens (including phenoxy) is 1. The summed E-state index contributed by atoms with van der Waals surface area (Å²) in [6.45, 7) is 0. The van der Waals surface area contributed by atoms with E-state index in [4.69, 9.17) is 25.2 Å². The molecule has 28 heavy (non-hydrogen) atoms. The zero-order valence-corrected chi connectivity index (χ0v) is 16.0. The Morgan fingerprint density at radius 1 is 1.00 bits per heavy atom. The molecule has 2 aromatic carbocycles. The van der Waals surface area contributed by atoms with Crippen molar-refractivity contribution < 1.29 is 18.0 Å². The van der Waals surface area contributed by atoms with Gasteiger partial charge in [0.1, 0.15) is 11.6 Å². The summed E-state index contributed by atoms with van der Waals surface area (Å²) in [6.07, 6.45) is 0. The molecular weight excluding hydrogens is 407 g/mol. The van der Waals surface area contributed by atoms with Gasteiger partial charge in [-0.1, -0.05) is 23.4 Å². The van der Waals surface area contributed by atoms with Gasteiger partial charge in [-0.15, -0.1) is 20.4 Å². The van der Waals surface area contributed by atoms with Crippen LogP contribution in [0, 0.1) is 5.82 Å². The van der Waals surface area contributed by atoms with Gasteiger partial charge in [0.05, 0.1) is 18.4 Å². The summed E-state index contributed by atoms with van der Waals surface area (Å²) >= 11 is 7.28. The number of rotatable bonds is 6. The predicted molar refractivity (Wildman–Crippen MR) is 101 cm³/mol. The molecule has 0 saturated heterocycles. The number of methoxy groups -OCH3 is 1. The summed E-state index contributed by atoms with van der Waals surface area (Å²) in [5, 5.41) is 16.8. The van der Waals surface area contributed by atoms with Crippen LogP contribution in [0.5, 0.6) is 5.75 Å². The van der Waals surface area contributed by atoms with Gasteiger partial charge < -0.3 is 13.6 Å². The van der Waals surface area contributed by atoms with Crippen molar-refractivity contribution in [2.75, 3.05) is 7.11 Å². The summed E-state index contributed by atoms with van der Waals surface area (Å²) in [4.78, 5) is 0. The van der Waals surface area contributed by atoms with E-state index in [0.29, 0.717) is 50.5 Å². The standard InChI is InChI=1S/C18H12ClFN4O3S/c1-25-14-7-4-11(19)8-13(14)17-23-24-18(27-17)28-9-15-21-22-16(26-15)10-2-5-12(20)6-3-10/h2-8H,9H2,1H3. The quantitative estimate of drug-likeness (QED) is 0.409. The van der Waals surface area contributed by atoms with E-state index in [1.807, 2.05) is 0 Å². The Morgan fingerprint density at radius 3 is 2.57 bits per heavy atom. The maximum atomic E-state index is 13.0. The van der Waals surface area contributed by atoms with Crippen LogP contribution in [0.3, 0.4) is 0 Å². The maximum absolute atomic E-state index is 13.0. The van der Waals surface area contributed by atoms with Crippen molar-refractivity contribution in [3.8, 4) is 28.7 Å². The molecule has 7 nitrogen and oxygen atoms in total. The van der Waals surface area contributed by atoms with Gasteiger partial charge >= 0.3 is 0 Å². The van der Waals surface area contributed by atoms with Crippen LogP contribution in [0.4, 0.5) is 4.39 Å². The number of hydrogen-bond donors (Lipinski definition) is 0. The maximum Gasteiger partial charge on any atom is 0.277 e. The lowest BCUT2D eigenvalue weighted by Crippen LogP contribution is -1.87. The molecule has 4 aromatic rings. The Labute approximate surface area is 167 Å². The number of benzene rings is 2. The highest BCUT2D eigenvalue weighted by molar-refractivity contribution is 7.98. The number of thioether (sulfide) groups is 1. The minimum atomic E-state index is -0.331. The first-order valence-corrected chi connectivity index (χ1v) is 9.37. The Morgan fingerprint density at radius 2 is 1.79 bits per heavy atom. The third kappa shape index (κ3) is 4.00. The molecule has 10 heteroatoms. The van der Waals surface area contributed by atoms with Crippen LogP contribution in [-0.2, 0) is 5.75 Å². The molecule has 0 atom stereocenters. The van der Waals surface area contributed by atoms with Crippen molar-refractivity contribution in [1.82, 2.24) is 20.4 Å². The van der Waals surface area contributed by atoms with E-state index in [2.05, 4.69) is 20.4 Å². The second kappa shape index (κ2) is 7.99. The summed E-state index contributed by atoms with van der Waals surface area (Å²) in [5.41, 5.74) is 1.24. The third-order valence-corrected chi connectivity index (χ3v) is 4.71. The van der Waals surface area contributed by atoms with E-state index < -0.39 is 0 Å². The fourth-order valence-corrected chi connectivity index (χ4v) is 3.14. The van der Waals surface area contributed by atoms with Crippen molar-refractivity contribution in [1.29, 1.82) is 0 Å². The van der Waals surface area contributed by atoms with Crippen LogP contribution >= 0.6 is 23.4 Å². The van der Waals surface area contributed by atoms with E-state index >= 15 is 0 Å². The second-order valence-corrected chi connectivity index (χ2v) is 6.88. The molecule has 0 radical (unpaired) electrons. The molecular formula is C18H12ClFN4O3S. The molecule has 0 bridgehead atoms. The van der Waals surface area contributed by atoms with Gasteiger partial charge in [0.25, 0.3) is 11.1 Å². The molecule has 0 fully saturated rings. The van der Waals surface area contributed by atoms with Crippen molar-refractivity contribution in [2.24, 2.45) is 0 Å². The lowest BCUT2D eigenvalue weighted by molar-refractivity contribution is 0.411. The summed E-state index contributed by atoms with van der Waals surface area (Å²) in [7, 11) is 1.55. The molecule has 0 amide bonds. The Hall–Kier alpha value is -2.91. The number of hydrogen-bond acceptors (Lipinski definition) is 8. The molecule has 0 saturated carbocycles. The fourth-order valence-electron chi connectivity index (χ4n) is 2.37. The van der Waals surface area contributed by atoms with Crippen LogP contribution in [0.25, 0.3) is 22.9 Å². The van der Waals surface area contributed by atoms with Gasteiger partial charge in [0, 0.05) is 10.6 Å². The van der Waals surface area contributed by atoms with E-state index in [1.165, 1.54) is 23.9 Å². The van der Waals surface area contributed by atoms with Crippen LogP contribution < -0.4 is 4.74 Å². The largest absolute Gasteiger partial charge is 0.496 e. The Kier molecular flexibility index (Phi) is 5.27. The molecule has 2 heterocycles. The fraction of sp³-hybridized carbons (Fsp3) is 0.111.